The first kappa shape index (κ1) is 20.0. The number of para-hydroxylation sites is 1. The molecule has 1 aliphatic carbocycles. The summed E-state index contributed by atoms with van der Waals surface area (Å²) in [5.41, 5.74) is 9.98. The summed E-state index contributed by atoms with van der Waals surface area (Å²) >= 11 is 0. The van der Waals surface area contributed by atoms with E-state index < -0.39 is 0 Å². The smallest absolute Gasteiger partial charge is 0.217 e. The van der Waals surface area contributed by atoms with Crippen LogP contribution in [0.1, 0.15) is 48.3 Å². The third-order valence-electron chi connectivity index (χ3n) is 7.67. The molecule has 162 valence electrons. The molecule has 3 aromatic carbocycles. The van der Waals surface area contributed by atoms with E-state index in [2.05, 4.69) is 66.7 Å². The molecule has 0 saturated heterocycles. The lowest BCUT2D eigenvalue weighted by Crippen LogP contribution is -2.33. The lowest BCUT2D eigenvalue weighted by Gasteiger charge is -2.16. The Balaban J connectivity index is 1.73. The fourth-order valence-corrected chi connectivity index (χ4v) is 5.78. The molecule has 0 bridgehead atoms. The van der Waals surface area contributed by atoms with Crippen LogP contribution in [0.5, 0.6) is 0 Å². The van der Waals surface area contributed by atoms with Gasteiger partial charge in [0.2, 0.25) is 11.2 Å². The second-order valence-electron chi connectivity index (χ2n) is 9.51. The van der Waals surface area contributed by atoms with E-state index in [-0.39, 0.29) is 0 Å². The van der Waals surface area contributed by atoms with Crippen LogP contribution in [0.2, 0.25) is 0 Å². The molecule has 0 spiro atoms. The predicted molar refractivity (Wildman–Crippen MR) is 135 cm³/mol. The van der Waals surface area contributed by atoms with Crippen molar-refractivity contribution in [2.45, 2.75) is 45.4 Å². The molecule has 1 aliphatic rings. The summed E-state index contributed by atoms with van der Waals surface area (Å²) in [5.74, 6) is 0.618. The quantitative estimate of drug-likeness (QED) is 0.205. The van der Waals surface area contributed by atoms with Crippen LogP contribution in [0, 0.1) is 20.4 Å². The molecule has 33 heavy (non-hydrogen) atoms. The summed E-state index contributed by atoms with van der Waals surface area (Å²) in [6, 6.07) is 19.2. The average molecular weight is 432 g/mol. The van der Waals surface area contributed by atoms with Crippen LogP contribution in [-0.4, -0.2) is 0 Å². The first-order valence-electron chi connectivity index (χ1n) is 11.8. The molecule has 1 saturated carbocycles. The summed E-state index contributed by atoms with van der Waals surface area (Å²) < 4.78 is 8.82. The minimum atomic E-state index is 0.618. The summed E-state index contributed by atoms with van der Waals surface area (Å²) in [4.78, 5) is 3.64. The molecule has 1 fully saturated rings. The number of aryl methyl sites for hydroxylation is 2. The van der Waals surface area contributed by atoms with Gasteiger partial charge >= 0.3 is 0 Å². The second kappa shape index (κ2) is 7.46. The van der Waals surface area contributed by atoms with Gasteiger partial charge in [0.1, 0.15) is 18.2 Å². The van der Waals surface area contributed by atoms with Gasteiger partial charge in [-0.1, -0.05) is 31.0 Å². The predicted octanol–water partition coefficient (Wildman–Crippen LogP) is 8.06. The molecule has 6 rings (SSSR count). The van der Waals surface area contributed by atoms with Gasteiger partial charge in [-0.15, -0.1) is 0 Å². The van der Waals surface area contributed by atoms with Crippen LogP contribution in [0.3, 0.4) is 0 Å². The fraction of sp³-hybridized carbons (Fsp3) is 0.267. The summed E-state index contributed by atoms with van der Waals surface area (Å²) in [6.07, 6.45) is 5.17. The largest absolute Gasteiger partial charge is 0.455 e. The molecule has 0 amide bonds. The lowest BCUT2D eigenvalue weighted by atomic mass is 9.90. The van der Waals surface area contributed by atoms with E-state index in [1.54, 1.807) is 0 Å². The topological polar surface area (TPSA) is 21.4 Å². The van der Waals surface area contributed by atoms with Gasteiger partial charge in [-0.25, -0.2) is 4.85 Å². The van der Waals surface area contributed by atoms with Crippen LogP contribution in [0.25, 0.3) is 48.9 Å². The molecule has 3 heteroatoms. The highest BCUT2D eigenvalue weighted by atomic mass is 16.3. The van der Waals surface area contributed by atoms with Crippen molar-refractivity contribution in [1.82, 2.24) is 0 Å². The van der Waals surface area contributed by atoms with Crippen LogP contribution >= 0.6 is 0 Å². The standard InChI is InChI=1S/C30H27N2O/c1-18-15-25-24-16-21(31-3)13-14-28(24)33-30(25)29(19(18)2)27-17-23(20-9-5-6-10-20)22-11-7-8-12-26(22)32(27)4/h7-8,11-17,20H,5-6,9-10H2,1-2,4H3/q+1. The van der Waals surface area contributed by atoms with Crippen molar-refractivity contribution in [2.24, 2.45) is 7.05 Å². The normalized spacial score (nSPS) is 14.5. The van der Waals surface area contributed by atoms with Gasteiger partial charge in [0.15, 0.2) is 5.69 Å². The maximum atomic E-state index is 7.43. The molecule has 0 atom stereocenters. The molecular weight excluding hydrogens is 404 g/mol. The van der Waals surface area contributed by atoms with E-state index in [0.717, 1.165) is 27.5 Å². The monoisotopic (exact) mass is 431 g/mol. The van der Waals surface area contributed by atoms with Crippen molar-refractivity contribution >= 4 is 38.5 Å². The van der Waals surface area contributed by atoms with E-state index >= 15 is 0 Å². The maximum absolute atomic E-state index is 7.43. The molecule has 0 aliphatic heterocycles. The number of benzene rings is 3. The molecular formula is C30H27N2O+. The Morgan fingerprint density at radius 3 is 2.52 bits per heavy atom. The van der Waals surface area contributed by atoms with Crippen molar-refractivity contribution in [3.8, 4) is 11.3 Å². The minimum Gasteiger partial charge on any atom is -0.455 e. The minimum absolute atomic E-state index is 0.618. The zero-order chi connectivity index (χ0) is 22.7. The lowest BCUT2D eigenvalue weighted by molar-refractivity contribution is -0.633. The number of nitrogens with zero attached hydrogens (tertiary/aromatic N) is 2. The van der Waals surface area contributed by atoms with Crippen molar-refractivity contribution in [2.75, 3.05) is 0 Å². The van der Waals surface area contributed by atoms with Crippen LogP contribution in [0.15, 0.2) is 59.0 Å². The number of hydrogen-bond donors (Lipinski definition) is 0. The Kier molecular flexibility index (Phi) is 4.52. The Bertz CT molecular complexity index is 1610. The van der Waals surface area contributed by atoms with Crippen molar-refractivity contribution in [1.29, 1.82) is 0 Å². The zero-order valence-corrected chi connectivity index (χ0v) is 19.4. The molecule has 0 radical (unpaired) electrons. The van der Waals surface area contributed by atoms with Gasteiger partial charge in [-0.05, 0) is 73.6 Å². The Hall–Kier alpha value is -3.64. The van der Waals surface area contributed by atoms with E-state index in [9.17, 15) is 0 Å². The molecule has 2 heterocycles. The Morgan fingerprint density at radius 2 is 1.73 bits per heavy atom. The van der Waals surface area contributed by atoms with E-state index in [1.165, 1.54) is 59.0 Å². The van der Waals surface area contributed by atoms with Crippen LogP contribution in [0.4, 0.5) is 5.69 Å². The summed E-state index contributed by atoms with van der Waals surface area (Å²) in [7, 11) is 2.17. The molecule has 0 unspecified atom stereocenters. The third-order valence-corrected chi connectivity index (χ3v) is 7.67. The Morgan fingerprint density at radius 1 is 0.939 bits per heavy atom. The summed E-state index contributed by atoms with van der Waals surface area (Å²) in [5, 5.41) is 3.47. The second-order valence-corrected chi connectivity index (χ2v) is 9.51. The van der Waals surface area contributed by atoms with Gasteiger partial charge in [0.25, 0.3) is 0 Å². The summed E-state index contributed by atoms with van der Waals surface area (Å²) in [6.45, 7) is 11.8. The van der Waals surface area contributed by atoms with Crippen molar-refractivity contribution < 1.29 is 8.98 Å². The molecule has 3 nitrogen and oxygen atoms in total. The van der Waals surface area contributed by atoms with Gasteiger partial charge in [-0.2, -0.15) is 4.57 Å². The number of rotatable bonds is 2. The molecule has 2 aromatic heterocycles. The first-order valence-corrected chi connectivity index (χ1v) is 11.8. The van der Waals surface area contributed by atoms with Crippen LogP contribution in [-0.2, 0) is 7.05 Å². The highest BCUT2D eigenvalue weighted by Crippen LogP contribution is 2.42. The van der Waals surface area contributed by atoms with E-state index in [4.69, 9.17) is 11.0 Å². The van der Waals surface area contributed by atoms with Crippen molar-refractivity contribution in [3.05, 3.63) is 82.7 Å². The molecule has 0 N–H and O–H groups in total. The maximum Gasteiger partial charge on any atom is 0.217 e. The van der Waals surface area contributed by atoms with E-state index in [1.807, 2.05) is 18.2 Å². The number of fused-ring (bicyclic) bond motifs is 4. The highest BCUT2D eigenvalue weighted by Gasteiger charge is 2.28. The van der Waals surface area contributed by atoms with Gasteiger partial charge in [-0.3, -0.25) is 0 Å². The van der Waals surface area contributed by atoms with Gasteiger partial charge < -0.3 is 4.42 Å². The number of pyridine rings is 1. The number of aromatic nitrogens is 1. The third kappa shape index (κ3) is 2.98. The first-order chi connectivity index (χ1) is 16.1. The zero-order valence-electron chi connectivity index (χ0n) is 19.4. The average Bonchev–Trinajstić information content (AvgIpc) is 3.49. The SMILES string of the molecule is [C-]#[N+]c1ccc2oc3c(-c4cc(C5CCCC5)c5ccccc5[n+]4C)c(C)c(C)cc3c2c1. The Labute approximate surface area is 194 Å². The molecule has 5 aromatic rings. The fourth-order valence-electron chi connectivity index (χ4n) is 5.78. The number of furan rings is 1. The van der Waals surface area contributed by atoms with Crippen molar-refractivity contribution in [3.63, 3.8) is 0 Å². The number of hydrogen-bond acceptors (Lipinski definition) is 1. The highest BCUT2D eigenvalue weighted by molar-refractivity contribution is 6.11. The van der Waals surface area contributed by atoms with Crippen LogP contribution < -0.4 is 4.57 Å². The van der Waals surface area contributed by atoms with Gasteiger partial charge in [0.05, 0.1) is 12.1 Å². The van der Waals surface area contributed by atoms with E-state index in [0.29, 0.717) is 11.6 Å². The van der Waals surface area contributed by atoms with Gasteiger partial charge in [0, 0.05) is 28.3 Å².